The Morgan fingerprint density at radius 2 is 0.941 bits per heavy atom. The minimum atomic E-state index is -2.89. The topological polar surface area (TPSA) is 36.9 Å². The Kier molecular flexibility index (Phi) is 38.6. The maximum absolute atomic E-state index is 6.77. The molecule has 1 aromatic carbocycles. The van der Waals surface area contributed by atoms with E-state index in [1.54, 1.807) is 0 Å². The molecule has 3 unspecified atom stereocenters. The number of ether oxygens (including phenoxy) is 1. The maximum Gasteiger partial charge on any atom is 0.562 e. The van der Waals surface area contributed by atoms with Crippen LogP contribution in [0, 0.1) is 17.8 Å². The van der Waals surface area contributed by atoms with Crippen LogP contribution in [-0.4, -0.2) is 27.6 Å². The van der Waals surface area contributed by atoms with Gasteiger partial charge in [-0.2, -0.15) is 0 Å². The molecular formula is C63H116O4Si. The standard InChI is InChI=1S/C63H116O4Si/c1-9-11-13-15-17-19-21-23-25-27-29-31-33-35-37-39-54-64-68(8,65-55-40-38-36-34-32-30-28-26-24-22-20-18-16-14-12-10-2)67-61-49-50-62-60(56-61)51-53-63(7,66-62)52-43-48-59(6)47-42-46-58(5)45-41-44-57(3)4/h23-26,49-50,56-59H,9-22,27-48,51-55H2,1-8H3/b25-23-,26-24-. The molecule has 0 saturated carbocycles. The molecule has 1 aliphatic rings. The summed E-state index contributed by atoms with van der Waals surface area (Å²) in [6.45, 7) is 20.1. The molecule has 0 spiro atoms. The average molecular weight is 966 g/mol. The molecule has 1 heterocycles. The summed E-state index contributed by atoms with van der Waals surface area (Å²) in [5, 5.41) is 0. The Hall–Kier alpha value is -1.56. The molecule has 0 N–H and O–H groups in total. The summed E-state index contributed by atoms with van der Waals surface area (Å²) >= 11 is 0. The van der Waals surface area contributed by atoms with Crippen molar-refractivity contribution in [1.82, 2.24) is 0 Å². The third kappa shape index (κ3) is 34.7. The van der Waals surface area contributed by atoms with Crippen molar-refractivity contribution >= 4 is 8.80 Å². The average Bonchev–Trinajstić information content (AvgIpc) is 3.31. The molecule has 5 heteroatoms. The SMILES string of the molecule is CCCCCCCC/C=C\CCCCCCCCO[Si](C)(OCCCCCCCC/C=C\CCCCCCCC)Oc1ccc2c(c1)CCC(C)(CCCC(C)CCCC(C)CCCC(C)C)O2. The van der Waals surface area contributed by atoms with Crippen LogP contribution in [0.15, 0.2) is 42.5 Å². The second-order valence-electron chi connectivity index (χ2n) is 22.7. The van der Waals surface area contributed by atoms with Gasteiger partial charge in [-0.25, -0.2) is 0 Å². The van der Waals surface area contributed by atoms with Gasteiger partial charge in [-0.05, 0) is 138 Å². The molecule has 0 radical (unpaired) electrons. The lowest BCUT2D eigenvalue weighted by Gasteiger charge is -2.36. The predicted octanol–water partition coefficient (Wildman–Crippen LogP) is 21.3. The van der Waals surface area contributed by atoms with Crippen LogP contribution in [0.2, 0.25) is 6.55 Å². The molecule has 0 aromatic heterocycles. The van der Waals surface area contributed by atoms with Gasteiger partial charge in [0.1, 0.15) is 17.1 Å². The maximum atomic E-state index is 6.77. The van der Waals surface area contributed by atoms with Gasteiger partial charge in [-0.15, -0.1) is 0 Å². The molecule has 0 aliphatic carbocycles. The number of fused-ring (bicyclic) bond motifs is 1. The first kappa shape index (κ1) is 62.6. The molecular weight excluding hydrogens is 849 g/mol. The van der Waals surface area contributed by atoms with Crippen molar-refractivity contribution in [1.29, 1.82) is 0 Å². The van der Waals surface area contributed by atoms with E-state index in [0.29, 0.717) is 13.2 Å². The van der Waals surface area contributed by atoms with E-state index in [4.69, 9.17) is 18.0 Å². The van der Waals surface area contributed by atoms with Crippen molar-refractivity contribution in [2.75, 3.05) is 13.2 Å². The van der Waals surface area contributed by atoms with Crippen LogP contribution in [0.1, 0.15) is 298 Å². The van der Waals surface area contributed by atoms with E-state index in [9.17, 15) is 0 Å². The van der Waals surface area contributed by atoms with Gasteiger partial charge < -0.3 is 18.0 Å². The van der Waals surface area contributed by atoms with Gasteiger partial charge in [-0.3, -0.25) is 0 Å². The summed E-state index contributed by atoms with van der Waals surface area (Å²) in [4.78, 5) is 0. The van der Waals surface area contributed by atoms with E-state index < -0.39 is 8.80 Å². The normalized spacial score (nSPS) is 16.2. The number of allylic oxidation sites excluding steroid dienone is 4. The highest BCUT2D eigenvalue weighted by Gasteiger charge is 2.38. The minimum Gasteiger partial charge on any atom is -0.501 e. The number of hydrogen-bond acceptors (Lipinski definition) is 4. The van der Waals surface area contributed by atoms with E-state index >= 15 is 0 Å². The van der Waals surface area contributed by atoms with Gasteiger partial charge in [0, 0.05) is 19.8 Å². The van der Waals surface area contributed by atoms with E-state index in [0.717, 1.165) is 61.4 Å². The van der Waals surface area contributed by atoms with E-state index in [1.807, 2.05) is 0 Å². The summed E-state index contributed by atoms with van der Waals surface area (Å²) in [6.07, 6.45) is 60.4. The van der Waals surface area contributed by atoms with Crippen LogP contribution in [0.4, 0.5) is 0 Å². The van der Waals surface area contributed by atoms with Crippen LogP contribution in [0.5, 0.6) is 11.5 Å². The fourth-order valence-corrected chi connectivity index (χ4v) is 11.9. The summed E-state index contributed by atoms with van der Waals surface area (Å²) in [5.41, 5.74) is 1.16. The van der Waals surface area contributed by atoms with Gasteiger partial charge in [0.2, 0.25) is 0 Å². The highest BCUT2D eigenvalue weighted by atomic mass is 28.4. The van der Waals surface area contributed by atoms with Gasteiger partial charge in [0.25, 0.3) is 0 Å². The molecule has 1 aliphatic heterocycles. The molecule has 0 saturated heterocycles. The number of benzene rings is 1. The molecule has 0 amide bonds. The van der Waals surface area contributed by atoms with Gasteiger partial charge >= 0.3 is 8.80 Å². The zero-order valence-electron chi connectivity index (χ0n) is 46.9. The Morgan fingerprint density at radius 1 is 0.529 bits per heavy atom. The first-order chi connectivity index (χ1) is 33.1. The van der Waals surface area contributed by atoms with Crippen LogP contribution in [-0.2, 0) is 15.3 Å². The third-order valence-corrected chi connectivity index (χ3v) is 17.0. The lowest BCUT2D eigenvalue weighted by Crippen LogP contribution is -2.46. The molecule has 2 rings (SSSR count). The van der Waals surface area contributed by atoms with Crippen molar-refractivity contribution in [2.45, 2.75) is 311 Å². The van der Waals surface area contributed by atoms with Crippen molar-refractivity contribution < 1.29 is 18.0 Å². The molecule has 4 nitrogen and oxygen atoms in total. The Morgan fingerprint density at radius 3 is 1.40 bits per heavy atom. The van der Waals surface area contributed by atoms with Crippen molar-refractivity contribution in [3.8, 4) is 11.5 Å². The second kappa shape index (κ2) is 42.0. The summed E-state index contributed by atoms with van der Waals surface area (Å²) in [5.74, 6) is 4.41. The number of rotatable bonds is 48. The zero-order valence-corrected chi connectivity index (χ0v) is 47.9. The zero-order chi connectivity index (χ0) is 49.2. The second-order valence-corrected chi connectivity index (χ2v) is 25.2. The predicted molar refractivity (Wildman–Crippen MR) is 302 cm³/mol. The molecule has 1 aromatic rings. The lowest BCUT2D eigenvalue weighted by atomic mass is 9.86. The molecule has 396 valence electrons. The molecule has 3 atom stereocenters. The lowest BCUT2D eigenvalue weighted by molar-refractivity contribution is 0.0521. The van der Waals surface area contributed by atoms with Crippen molar-refractivity contribution in [3.63, 3.8) is 0 Å². The summed E-state index contributed by atoms with van der Waals surface area (Å²) in [6, 6.07) is 6.47. The van der Waals surface area contributed by atoms with E-state index in [2.05, 4.69) is 97.5 Å². The molecule has 0 fully saturated rings. The fraction of sp³-hybridized carbons (Fsp3) is 0.841. The highest BCUT2D eigenvalue weighted by Crippen LogP contribution is 2.39. The van der Waals surface area contributed by atoms with Gasteiger partial charge in [0.15, 0.2) is 0 Å². The fourth-order valence-electron chi connectivity index (χ4n) is 10.1. The molecule has 0 bridgehead atoms. The minimum absolute atomic E-state index is 0.0937. The summed E-state index contributed by atoms with van der Waals surface area (Å²) in [7, 11) is -2.89. The van der Waals surface area contributed by atoms with Crippen LogP contribution < -0.4 is 9.16 Å². The van der Waals surface area contributed by atoms with Crippen LogP contribution >= 0.6 is 0 Å². The number of unbranched alkanes of at least 4 members (excludes halogenated alkanes) is 24. The van der Waals surface area contributed by atoms with Gasteiger partial charge in [-0.1, -0.05) is 226 Å². The number of hydrogen-bond donors (Lipinski definition) is 0. The Balaban J connectivity index is 1.77. The Bertz CT molecular complexity index is 1300. The van der Waals surface area contributed by atoms with E-state index in [1.165, 1.54) is 224 Å². The van der Waals surface area contributed by atoms with Crippen LogP contribution in [0.25, 0.3) is 0 Å². The summed E-state index contributed by atoms with van der Waals surface area (Å²) < 4.78 is 26.8. The smallest absolute Gasteiger partial charge is 0.501 e. The monoisotopic (exact) mass is 965 g/mol. The molecule has 68 heavy (non-hydrogen) atoms. The first-order valence-electron chi connectivity index (χ1n) is 30.2. The quantitative estimate of drug-likeness (QED) is 0.0370. The van der Waals surface area contributed by atoms with Crippen molar-refractivity contribution in [3.05, 3.63) is 48.1 Å². The van der Waals surface area contributed by atoms with E-state index in [-0.39, 0.29) is 5.60 Å². The Labute approximate surface area is 426 Å². The third-order valence-electron chi connectivity index (χ3n) is 14.9. The van der Waals surface area contributed by atoms with Crippen LogP contribution in [0.3, 0.4) is 0 Å². The number of aryl methyl sites for hydroxylation is 1. The first-order valence-corrected chi connectivity index (χ1v) is 32.4. The van der Waals surface area contributed by atoms with Gasteiger partial charge in [0.05, 0.1) is 0 Å². The largest absolute Gasteiger partial charge is 0.562 e. The highest BCUT2D eigenvalue weighted by molar-refractivity contribution is 6.60. The van der Waals surface area contributed by atoms with Crippen molar-refractivity contribution in [2.24, 2.45) is 17.8 Å².